The number of halogens is 1. The molecule has 0 amide bonds. The summed E-state index contributed by atoms with van der Waals surface area (Å²) in [7, 11) is 1.68. The van der Waals surface area contributed by atoms with Crippen molar-refractivity contribution in [3.8, 4) is 0 Å². The first-order chi connectivity index (χ1) is 7.56. The van der Waals surface area contributed by atoms with Crippen LogP contribution in [-0.2, 0) is 11.3 Å². The van der Waals surface area contributed by atoms with Crippen LogP contribution in [0.15, 0.2) is 10.7 Å². The number of hydrogen-bond donors (Lipinski definition) is 1. The van der Waals surface area contributed by atoms with Crippen LogP contribution in [-0.4, -0.2) is 34.7 Å². The summed E-state index contributed by atoms with van der Waals surface area (Å²) in [5, 5.41) is 13.7. The fourth-order valence-corrected chi connectivity index (χ4v) is 2.53. The van der Waals surface area contributed by atoms with Gasteiger partial charge in [0.2, 0.25) is 0 Å². The zero-order valence-electron chi connectivity index (χ0n) is 9.98. The molecule has 2 unspecified atom stereocenters. The van der Waals surface area contributed by atoms with Crippen molar-refractivity contribution in [1.82, 2.24) is 9.78 Å². The van der Waals surface area contributed by atoms with Gasteiger partial charge in [0.1, 0.15) is 0 Å². The molecule has 0 radical (unpaired) electrons. The molecule has 2 atom stereocenters. The molecule has 0 saturated heterocycles. The number of aliphatic hydroxyl groups excluding tert-OH is 1. The second-order valence-corrected chi connectivity index (χ2v) is 4.93. The number of aromatic nitrogens is 2. The lowest BCUT2D eigenvalue weighted by Crippen LogP contribution is -2.14. The first-order valence-electron chi connectivity index (χ1n) is 5.44. The van der Waals surface area contributed by atoms with Crippen LogP contribution in [0.1, 0.15) is 31.9 Å². The number of methoxy groups -OCH3 is 1. The summed E-state index contributed by atoms with van der Waals surface area (Å²) in [6.45, 7) is 5.28. The zero-order chi connectivity index (χ0) is 12.1. The largest absolute Gasteiger partial charge is 0.393 e. The standard InChI is InChI=1S/C11H19BrN2O2/c1-8(6-9(2)15)11-10(12)7-13-14(11)4-5-16-3/h7-9,15H,4-6H2,1-3H3. The third-order valence-electron chi connectivity index (χ3n) is 2.50. The van der Waals surface area contributed by atoms with E-state index < -0.39 is 0 Å². The zero-order valence-corrected chi connectivity index (χ0v) is 11.6. The fraction of sp³-hybridized carbons (Fsp3) is 0.727. The molecule has 1 aromatic rings. The lowest BCUT2D eigenvalue weighted by molar-refractivity contribution is 0.170. The van der Waals surface area contributed by atoms with Gasteiger partial charge in [-0.2, -0.15) is 5.10 Å². The Morgan fingerprint density at radius 3 is 2.81 bits per heavy atom. The maximum atomic E-state index is 9.41. The van der Waals surface area contributed by atoms with Crippen molar-refractivity contribution in [2.24, 2.45) is 0 Å². The number of ether oxygens (including phenoxy) is 1. The quantitative estimate of drug-likeness (QED) is 0.873. The Bertz CT molecular complexity index is 326. The molecular formula is C11H19BrN2O2. The summed E-state index contributed by atoms with van der Waals surface area (Å²) < 4.78 is 7.97. The van der Waals surface area contributed by atoms with Gasteiger partial charge in [-0.25, -0.2) is 0 Å². The third kappa shape index (κ3) is 3.57. The van der Waals surface area contributed by atoms with Crippen molar-refractivity contribution in [2.45, 2.75) is 38.8 Å². The smallest absolute Gasteiger partial charge is 0.0658 e. The summed E-state index contributed by atoms with van der Waals surface area (Å²) in [5.74, 6) is 0.272. The molecule has 0 aliphatic carbocycles. The minimum Gasteiger partial charge on any atom is -0.393 e. The van der Waals surface area contributed by atoms with Crippen LogP contribution in [0.5, 0.6) is 0 Å². The van der Waals surface area contributed by atoms with E-state index in [4.69, 9.17) is 4.74 Å². The Kier molecular flexibility index (Phi) is 5.44. The van der Waals surface area contributed by atoms with E-state index in [9.17, 15) is 5.11 Å². The topological polar surface area (TPSA) is 47.3 Å². The highest BCUT2D eigenvalue weighted by atomic mass is 79.9. The molecular weight excluding hydrogens is 272 g/mol. The molecule has 92 valence electrons. The van der Waals surface area contributed by atoms with E-state index >= 15 is 0 Å². The van der Waals surface area contributed by atoms with Crippen molar-refractivity contribution in [2.75, 3.05) is 13.7 Å². The molecule has 1 rings (SSSR count). The van der Waals surface area contributed by atoms with Gasteiger partial charge in [-0.1, -0.05) is 6.92 Å². The number of hydrogen-bond acceptors (Lipinski definition) is 3. The predicted octanol–water partition coefficient (Wildman–Crippen LogP) is 2.17. The molecule has 5 heteroatoms. The van der Waals surface area contributed by atoms with Crippen LogP contribution in [0.3, 0.4) is 0 Å². The maximum absolute atomic E-state index is 9.41. The molecule has 0 aromatic carbocycles. The van der Waals surface area contributed by atoms with Gasteiger partial charge in [0.15, 0.2) is 0 Å². The maximum Gasteiger partial charge on any atom is 0.0658 e. The number of rotatable bonds is 6. The normalized spacial score (nSPS) is 15.1. The number of nitrogens with zero attached hydrogens (tertiary/aromatic N) is 2. The van der Waals surface area contributed by atoms with Gasteiger partial charge < -0.3 is 9.84 Å². The van der Waals surface area contributed by atoms with E-state index in [2.05, 4.69) is 28.0 Å². The van der Waals surface area contributed by atoms with E-state index in [0.29, 0.717) is 6.61 Å². The summed E-state index contributed by atoms with van der Waals surface area (Å²) in [4.78, 5) is 0. The van der Waals surface area contributed by atoms with Crippen molar-refractivity contribution < 1.29 is 9.84 Å². The van der Waals surface area contributed by atoms with Gasteiger partial charge in [-0.15, -0.1) is 0 Å². The molecule has 4 nitrogen and oxygen atoms in total. The fourth-order valence-electron chi connectivity index (χ4n) is 1.84. The highest BCUT2D eigenvalue weighted by molar-refractivity contribution is 9.10. The Morgan fingerprint density at radius 1 is 1.56 bits per heavy atom. The van der Waals surface area contributed by atoms with Crippen LogP contribution in [0.2, 0.25) is 0 Å². The van der Waals surface area contributed by atoms with Crippen LogP contribution >= 0.6 is 15.9 Å². The lowest BCUT2D eigenvalue weighted by atomic mass is 10.0. The second-order valence-electron chi connectivity index (χ2n) is 4.08. The minimum atomic E-state index is -0.298. The molecule has 0 spiro atoms. The second kappa shape index (κ2) is 6.37. The highest BCUT2D eigenvalue weighted by Crippen LogP contribution is 2.27. The Hall–Kier alpha value is -0.390. The molecule has 1 aromatic heterocycles. The highest BCUT2D eigenvalue weighted by Gasteiger charge is 2.17. The van der Waals surface area contributed by atoms with E-state index in [1.54, 1.807) is 20.2 Å². The average molecular weight is 291 g/mol. The van der Waals surface area contributed by atoms with Crippen LogP contribution in [0.4, 0.5) is 0 Å². The van der Waals surface area contributed by atoms with E-state index in [1.807, 2.05) is 4.68 Å². The van der Waals surface area contributed by atoms with E-state index in [-0.39, 0.29) is 12.0 Å². The Balaban J connectivity index is 2.79. The van der Waals surface area contributed by atoms with Gasteiger partial charge in [-0.3, -0.25) is 4.68 Å². The molecule has 16 heavy (non-hydrogen) atoms. The van der Waals surface area contributed by atoms with E-state index in [0.717, 1.165) is 23.1 Å². The Morgan fingerprint density at radius 2 is 2.25 bits per heavy atom. The van der Waals surface area contributed by atoms with Gasteiger partial charge in [-0.05, 0) is 29.3 Å². The van der Waals surface area contributed by atoms with E-state index in [1.165, 1.54) is 0 Å². The van der Waals surface area contributed by atoms with Gasteiger partial charge in [0.05, 0.1) is 35.6 Å². The lowest BCUT2D eigenvalue weighted by Gasteiger charge is -2.16. The van der Waals surface area contributed by atoms with Crippen molar-refractivity contribution in [3.05, 3.63) is 16.4 Å². The first kappa shape index (κ1) is 13.7. The van der Waals surface area contributed by atoms with Crippen LogP contribution in [0, 0.1) is 0 Å². The molecule has 1 N–H and O–H groups in total. The van der Waals surface area contributed by atoms with Gasteiger partial charge in [0, 0.05) is 13.0 Å². The SMILES string of the molecule is COCCn1ncc(Br)c1C(C)CC(C)O. The molecule has 0 fully saturated rings. The van der Waals surface area contributed by atoms with Gasteiger partial charge >= 0.3 is 0 Å². The van der Waals surface area contributed by atoms with Crippen molar-refractivity contribution in [3.63, 3.8) is 0 Å². The summed E-state index contributed by atoms with van der Waals surface area (Å²) in [6, 6.07) is 0. The molecule has 0 bridgehead atoms. The predicted molar refractivity (Wildman–Crippen MR) is 66.5 cm³/mol. The molecule has 1 heterocycles. The van der Waals surface area contributed by atoms with Crippen LogP contribution in [0.25, 0.3) is 0 Å². The average Bonchev–Trinajstić information content (AvgIpc) is 2.55. The van der Waals surface area contributed by atoms with Crippen LogP contribution < -0.4 is 0 Å². The summed E-state index contributed by atoms with van der Waals surface area (Å²) in [5.41, 5.74) is 1.12. The molecule has 0 saturated carbocycles. The summed E-state index contributed by atoms with van der Waals surface area (Å²) >= 11 is 3.49. The minimum absolute atomic E-state index is 0.272. The van der Waals surface area contributed by atoms with Gasteiger partial charge in [0.25, 0.3) is 0 Å². The first-order valence-corrected chi connectivity index (χ1v) is 6.23. The van der Waals surface area contributed by atoms with Crippen molar-refractivity contribution >= 4 is 15.9 Å². The molecule has 0 aliphatic rings. The monoisotopic (exact) mass is 290 g/mol. The van der Waals surface area contributed by atoms with Crippen molar-refractivity contribution in [1.29, 1.82) is 0 Å². The summed E-state index contributed by atoms with van der Waals surface area (Å²) in [6.07, 6.45) is 2.23. The molecule has 0 aliphatic heterocycles. The number of aliphatic hydroxyl groups is 1. The Labute approximate surface area is 105 Å². The third-order valence-corrected chi connectivity index (χ3v) is 3.11.